The number of rotatable bonds is 6. The van der Waals surface area contributed by atoms with Crippen molar-refractivity contribution in [3.8, 4) is 0 Å². The molecule has 0 aliphatic heterocycles. The number of anilines is 1. The molecule has 2 rings (SSSR count). The van der Waals surface area contributed by atoms with Gasteiger partial charge in [0, 0.05) is 18.0 Å². The van der Waals surface area contributed by atoms with E-state index in [1.54, 1.807) is 13.0 Å². The predicted octanol–water partition coefficient (Wildman–Crippen LogP) is 2.45. The van der Waals surface area contributed by atoms with Crippen molar-refractivity contribution in [1.82, 2.24) is 10.1 Å². The summed E-state index contributed by atoms with van der Waals surface area (Å²) in [6.45, 7) is 1.52. The fourth-order valence-corrected chi connectivity index (χ4v) is 2.59. The Morgan fingerprint density at radius 2 is 2.04 bits per heavy atom. The van der Waals surface area contributed by atoms with Crippen molar-refractivity contribution in [2.75, 3.05) is 24.7 Å². The Morgan fingerprint density at radius 1 is 1.29 bits per heavy atom. The summed E-state index contributed by atoms with van der Waals surface area (Å²) in [4.78, 5) is 25.5. The summed E-state index contributed by atoms with van der Waals surface area (Å²) in [6, 6.07) is 4.96. The van der Waals surface area contributed by atoms with Crippen LogP contribution in [0.3, 0.4) is 0 Å². The lowest BCUT2D eigenvalue weighted by molar-refractivity contribution is -0.131. The van der Waals surface area contributed by atoms with E-state index in [4.69, 9.17) is 4.52 Å². The number of aromatic nitrogens is 1. The molecule has 128 valence electrons. The van der Waals surface area contributed by atoms with Crippen LogP contribution in [0.1, 0.15) is 5.76 Å². The monoisotopic (exact) mass is 355 g/mol. The minimum absolute atomic E-state index is 0.00206. The number of amides is 2. The largest absolute Gasteiger partial charge is 0.360 e. The fourth-order valence-electron chi connectivity index (χ4n) is 1.73. The Balaban J connectivity index is 1.80. The Hall–Kier alpha value is -2.42. The molecule has 0 fully saturated rings. The van der Waals surface area contributed by atoms with E-state index in [1.807, 2.05) is 0 Å². The van der Waals surface area contributed by atoms with Crippen LogP contribution in [0, 0.1) is 18.6 Å². The van der Waals surface area contributed by atoms with Crippen LogP contribution in [0.5, 0.6) is 0 Å². The van der Waals surface area contributed by atoms with Gasteiger partial charge in [0.2, 0.25) is 11.8 Å². The van der Waals surface area contributed by atoms with Gasteiger partial charge in [-0.2, -0.15) is 0 Å². The van der Waals surface area contributed by atoms with E-state index >= 15 is 0 Å². The summed E-state index contributed by atoms with van der Waals surface area (Å²) >= 11 is 1.06. The Labute approximate surface area is 141 Å². The van der Waals surface area contributed by atoms with Gasteiger partial charge in [-0.3, -0.25) is 9.59 Å². The van der Waals surface area contributed by atoms with E-state index in [9.17, 15) is 18.4 Å². The van der Waals surface area contributed by atoms with Gasteiger partial charge in [-0.1, -0.05) is 5.16 Å². The van der Waals surface area contributed by atoms with Crippen molar-refractivity contribution in [2.24, 2.45) is 0 Å². The van der Waals surface area contributed by atoms with Crippen molar-refractivity contribution >= 4 is 29.4 Å². The number of nitrogens with zero attached hydrogens (tertiary/aromatic N) is 2. The van der Waals surface area contributed by atoms with Gasteiger partial charge in [-0.25, -0.2) is 8.78 Å². The van der Waals surface area contributed by atoms with E-state index in [1.165, 1.54) is 18.0 Å². The van der Waals surface area contributed by atoms with Gasteiger partial charge < -0.3 is 14.7 Å². The third kappa shape index (κ3) is 5.05. The average Bonchev–Trinajstić information content (AvgIpc) is 2.92. The van der Waals surface area contributed by atoms with Gasteiger partial charge in [0.1, 0.15) is 5.76 Å². The summed E-state index contributed by atoms with van der Waals surface area (Å²) in [7, 11) is 1.47. The van der Waals surface area contributed by atoms with Crippen LogP contribution in [-0.4, -0.2) is 41.2 Å². The first kappa shape index (κ1) is 17.9. The maximum Gasteiger partial charge on any atom is 0.245 e. The number of thioether (sulfide) groups is 1. The number of carbonyl (C=O) groups is 2. The predicted molar refractivity (Wildman–Crippen MR) is 84.6 cm³/mol. The van der Waals surface area contributed by atoms with Crippen molar-refractivity contribution in [3.05, 3.63) is 41.7 Å². The van der Waals surface area contributed by atoms with E-state index in [-0.39, 0.29) is 24.0 Å². The van der Waals surface area contributed by atoms with Crippen molar-refractivity contribution in [3.63, 3.8) is 0 Å². The topological polar surface area (TPSA) is 75.4 Å². The SMILES string of the molecule is Cc1cc(NC(=O)CN(C)C(=O)CSc2ccc(F)c(F)c2)no1. The highest BCUT2D eigenvalue weighted by atomic mass is 32.2. The lowest BCUT2D eigenvalue weighted by atomic mass is 10.3. The molecule has 1 heterocycles. The number of benzene rings is 1. The Kier molecular flexibility index (Phi) is 5.91. The Bertz CT molecular complexity index is 751. The van der Waals surface area contributed by atoms with Crippen LogP contribution in [0.4, 0.5) is 14.6 Å². The van der Waals surface area contributed by atoms with Crippen molar-refractivity contribution in [1.29, 1.82) is 0 Å². The molecule has 1 aromatic carbocycles. The van der Waals surface area contributed by atoms with E-state index in [0.29, 0.717) is 10.7 Å². The molecule has 2 aromatic rings. The zero-order valence-electron chi connectivity index (χ0n) is 13.0. The average molecular weight is 355 g/mol. The van der Waals surface area contributed by atoms with Crippen LogP contribution in [-0.2, 0) is 9.59 Å². The van der Waals surface area contributed by atoms with Gasteiger partial charge in [0.05, 0.1) is 12.3 Å². The lowest BCUT2D eigenvalue weighted by Crippen LogP contribution is -2.36. The third-order valence-electron chi connectivity index (χ3n) is 2.96. The number of halogens is 2. The Morgan fingerprint density at radius 3 is 2.67 bits per heavy atom. The second-order valence-electron chi connectivity index (χ2n) is 4.99. The summed E-state index contributed by atoms with van der Waals surface area (Å²) in [5, 5.41) is 6.12. The number of hydrogen-bond acceptors (Lipinski definition) is 5. The molecular weight excluding hydrogens is 340 g/mol. The molecule has 9 heteroatoms. The van der Waals surface area contributed by atoms with E-state index in [2.05, 4.69) is 10.5 Å². The molecule has 24 heavy (non-hydrogen) atoms. The minimum Gasteiger partial charge on any atom is -0.360 e. The van der Waals surface area contributed by atoms with Gasteiger partial charge in [-0.05, 0) is 25.1 Å². The third-order valence-corrected chi connectivity index (χ3v) is 3.93. The summed E-state index contributed by atoms with van der Waals surface area (Å²) in [5.74, 6) is -1.83. The molecule has 0 unspecified atom stereocenters. The maximum atomic E-state index is 13.1. The number of carbonyl (C=O) groups excluding carboxylic acids is 2. The molecule has 2 amide bonds. The first-order valence-electron chi connectivity index (χ1n) is 6.90. The maximum absolute atomic E-state index is 13.1. The smallest absolute Gasteiger partial charge is 0.245 e. The number of likely N-dealkylation sites (N-methyl/N-ethyl adjacent to an activating group) is 1. The molecule has 0 bridgehead atoms. The summed E-state index contributed by atoms with van der Waals surface area (Å²) in [6.07, 6.45) is 0. The molecule has 0 saturated heterocycles. The molecule has 0 aliphatic rings. The molecule has 0 saturated carbocycles. The normalized spacial score (nSPS) is 10.5. The zero-order valence-corrected chi connectivity index (χ0v) is 13.8. The van der Waals surface area contributed by atoms with Crippen molar-refractivity contribution in [2.45, 2.75) is 11.8 Å². The van der Waals surface area contributed by atoms with Crippen LogP contribution >= 0.6 is 11.8 Å². The highest BCUT2D eigenvalue weighted by Gasteiger charge is 2.15. The standard InChI is InChI=1S/C15H15F2N3O3S/c1-9-5-13(19-23-9)18-14(21)7-20(2)15(22)8-24-10-3-4-11(16)12(17)6-10/h3-6H,7-8H2,1-2H3,(H,18,19,21). The quantitative estimate of drug-likeness (QED) is 0.806. The zero-order chi connectivity index (χ0) is 17.7. The highest BCUT2D eigenvalue weighted by molar-refractivity contribution is 8.00. The van der Waals surface area contributed by atoms with Crippen LogP contribution < -0.4 is 5.32 Å². The lowest BCUT2D eigenvalue weighted by Gasteiger charge is -2.16. The summed E-state index contributed by atoms with van der Waals surface area (Å²) < 4.78 is 30.7. The first-order chi connectivity index (χ1) is 11.3. The number of aryl methyl sites for hydroxylation is 1. The number of hydrogen-bond donors (Lipinski definition) is 1. The van der Waals surface area contributed by atoms with Crippen LogP contribution in [0.15, 0.2) is 33.7 Å². The molecule has 6 nitrogen and oxygen atoms in total. The molecule has 0 atom stereocenters. The minimum atomic E-state index is -0.969. The van der Waals surface area contributed by atoms with Gasteiger partial charge >= 0.3 is 0 Å². The van der Waals surface area contributed by atoms with Crippen LogP contribution in [0.2, 0.25) is 0 Å². The van der Waals surface area contributed by atoms with Gasteiger partial charge in [0.25, 0.3) is 0 Å². The highest BCUT2D eigenvalue weighted by Crippen LogP contribution is 2.20. The first-order valence-corrected chi connectivity index (χ1v) is 7.88. The molecule has 0 aliphatic carbocycles. The van der Waals surface area contributed by atoms with E-state index < -0.39 is 17.5 Å². The van der Waals surface area contributed by atoms with Gasteiger partial charge in [-0.15, -0.1) is 11.8 Å². The number of nitrogens with one attached hydrogen (secondary N) is 1. The summed E-state index contributed by atoms with van der Waals surface area (Å²) in [5.41, 5.74) is 0. The van der Waals surface area contributed by atoms with E-state index in [0.717, 1.165) is 23.9 Å². The van der Waals surface area contributed by atoms with Gasteiger partial charge in [0.15, 0.2) is 17.5 Å². The second-order valence-corrected chi connectivity index (χ2v) is 6.03. The fraction of sp³-hybridized carbons (Fsp3) is 0.267. The van der Waals surface area contributed by atoms with Crippen LogP contribution in [0.25, 0.3) is 0 Å². The molecule has 1 aromatic heterocycles. The molecular formula is C15H15F2N3O3S. The van der Waals surface area contributed by atoms with Crippen molar-refractivity contribution < 1.29 is 22.9 Å². The molecule has 1 N–H and O–H groups in total. The molecule has 0 radical (unpaired) electrons. The molecule has 0 spiro atoms. The second kappa shape index (κ2) is 7.91.